The molecule has 0 radical (unpaired) electrons. The molecule has 1 aromatic heterocycles. The van der Waals surface area contributed by atoms with E-state index in [1.165, 1.54) is 6.92 Å². The van der Waals surface area contributed by atoms with Gasteiger partial charge in [0.2, 0.25) is 5.91 Å². The van der Waals surface area contributed by atoms with Crippen molar-refractivity contribution < 1.29 is 41.4 Å². The summed E-state index contributed by atoms with van der Waals surface area (Å²) in [6, 6.07) is 40.5. The molecule has 7 aromatic rings. The van der Waals surface area contributed by atoms with Crippen LogP contribution in [0.3, 0.4) is 0 Å². The number of nitrogens with one attached hydrogen (secondary N) is 3. The van der Waals surface area contributed by atoms with E-state index in [-0.39, 0.29) is 25.7 Å². The highest BCUT2D eigenvalue weighted by molar-refractivity contribution is 7.94. The summed E-state index contributed by atoms with van der Waals surface area (Å²) in [6.45, 7) is 2.89. The second kappa shape index (κ2) is 19.7. The second-order valence-electron chi connectivity index (χ2n) is 14.1. The third kappa shape index (κ3) is 11.7. The van der Waals surface area contributed by atoms with Gasteiger partial charge in [0.05, 0.1) is 21.7 Å². The van der Waals surface area contributed by atoms with Crippen molar-refractivity contribution in [2.75, 3.05) is 14.8 Å². The van der Waals surface area contributed by atoms with Gasteiger partial charge in [-0.2, -0.15) is 0 Å². The Labute approximate surface area is 363 Å². The van der Waals surface area contributed by atoms with Crippen molar-refractivity contribution >= 4 is 76.5 Å². The SMILES string of the molecule is CC(=O)Nc1nc(C)c(S(=O)(=O)Nc2ccc(CCc3ccccc3C(=O)O)cc2)s1.O=C(O)c1ccccc1CCc1ccc(NS(=O)(=O)c2ccc3ccccc3c2)cc1. The van der Waals surface area contributed by atoms with Gasteiger partial charge < -0.3 is 15.5 Å². The summed E-state index contributed by atoms with van der Waals surface area (Å²) in [5.41, 5.74) is 5.22. The number of carbonyl (C=O) groups is 3. The smallest absolute Gasteiger partial charge is 0.335 e. The van der Waals surface area contributed by atoms with Crippen LogP contribution in [0.15, 0.2) is 149 Å². The second-order valence-corrected chi connectivity index (χ2v) is 18.7. The lowest BCUT2D eigenvalue weighted by Gasteiger charge is -2.10. The molecule has 0 spiro atoms. The molecule has 0 aliphatic carbocycles. The van der Waals surface area contributed by atoms with E-state index in [4.69, 9.17) is 0 Å². The highest BCUT2D eigenvalue weighted by atomic mass is 32.2. The first-order valence-electron chi connectivity index (χ1n) is 19.2. The summed E-state index contributed by atoms with van der Waals surface area (Å²) < 4.78 is 56.1. The summed E-state index contributed by atoms with van der Waals surface area (Å²) in [4.78, 5) is 38.1. The van der Waals surface area contributed by atoms with Gasteiger partial charge in [0.15, 0.2) is 9.34 Å². The maximum Gasteiger partial charge on any atom is 0.335 e. The molecule has 7 rings (SSSR count). The zero-order valence-corrected chi connectivity index (χ0v) is 36.0. The molecule has 0 atom stereocenters. The monoisotopic (exact) mass is 890 g/mol. The van der Waals surface area contributed by atoms with E-state index in [1.54, 1.807) is 97.9 Å². The van der Waals surface area contributed by atoms with Crippen LogP contribution in [0.4, 0.5) is 16.5 Å². The highest BCUT2D eigenvalue weighted by Crippen LogP contribution is 2.29. The fraction of sp³-hybridized carbons (Fsp3) is 0.130. The lowest BCUT2D eigenvalue weighted by molar-refractivity contribution is -0.114. The number of anilines is 3. The molecule has 5 N–H and O–H groups in total. The number of rotatable bonds is 15. The molecule has 0 aliphatic heterocycles. The van der Waals surface area contributed by atoms with Gasteiger partial charge in [-0.05, 0) is 114 Å². The fourth-order valence-corrected chi connectivity index (χ4v) is 10.1. The van der Waals surface area contributed by atoms with Crippen molar-refractivity contribution in [3.63, 3.8) is 0 Å². The number of carbonyl (C=O) groups excluding carboxylic acids is 1. The minimum atomic E-state index is -3.85. The van der Waals surface area contributed by atoms with Crippen molar-refractivity contribution in [3.05, 3.63) is 179 Å². The Kier molecular flexibility index (Phi) is 14.2. The van der Waals surface area contributed by atoms with Gasteiger partial charge in [-0.25, -0.2) is 31.4 Å². The summed E-state index contributed by atoms with van der Waals surface area (Å²) in [5, 5.41) is 23.1. The normalized spacial score (nSPS) is 11.3. The molecular formula is C46H42N4O9S3. The van der Waals surface area contributed by atoms with E-state index in [2.05, 4.69) is 19.7 Å². The standard InChI is InChI=1S/C25H21NO4S.C21H21N3O5S2/c27-25(28)24-8-4-3-6-20(24)12-9-18-10-14-22(15-11-18)26-31(29,30)23-16-13-19-5-1-2-7-21(19)17-23;1-13-20(30-21(22-13)23-14(2)25)31(28,29)24-17-11-8-15(9-12-17)7-10-16-5-3-4-6-18(16)19(26)27/h1-8,10-11,13-17,26H,9,12H2,(H,27,28);3-6,8-9,11-12,24H,7,10H2,1-2H3,(H,26,27)(H,22,23,25). The number of hydrogen-bond donors (Lipinski definition) is 5. The molecule has 16 heteroatoms. The Morgan fingerprint density at radius 3 is 1.55 bits per heavy atom. The first-order valence-corrected chi connectivity index (χ1v) is 23.0. The predicted octanol–water partition coefficient (Wildman–Crippen LogP) is 8.82. The Hall–Kier alpha value is -6.88. The zero-order valence-electron chi connectivity index (χ0n) is 33.5. The third-order valence-electron chi connectivity index (χ3n) is 9.59. The van der Waals surface area contributed by atoms with Crippen LogP contribution < -0.4 is 14.8 Å². The maximum atomic E-state index is 12.8. The lowest BCUT2D eigenvalue weighted by Crippen LogP contribution is -2.12. The number of hydrogen-bond acceptors (Lipinski definition) is 9. The van der Waals surface area contributed by atoms with Crippen molar-refractivity contribution in [1.82, 2.24) is 4.98 Å². The van der Waals surface area contributed by atoms with Gasteiger partial charge in [-0.15, -0.1) is 0 Å². The number of aryl methyl sites for hydroxylation is 5. The number of carboxylic acid groups (broad SMARTS) is 2. The number of thiazole rings is 1. The lowest BCUT2D eigenvalue weighted by atomic mass is 10.00. The van der Waals surface area contributed by atoms with Crippen LogP contribution in [0.25, 0.3) is 10.8 Å². The molecule has 0 saturated heterocycles. The van der Waals surface area contributed by atoms with Crippen LogP contribution in [0.1, 0.15) is 55.6 Å². The Bertz CT molecular complexity index is 2970. The molecule has 13 nitrogen and oxygen atoms in total. The Morgan fingerprint density at radius 2 is 1.05 bits per heavy atom. The van der Waals surface area contributed by atoms with E-state index in [0.717, 1.165) is 44.4 Å². The zero-order chi connectivity index (χ0) is 44.4. The molecule has 6 aromatic carbocycles. The van der Waals surface area contributed by atoms with Crippen LogP contribution in [-0.2, 0) is 50.5 Å². The summed E-state index contributed by atoms with van der Waals surface area (Å²) in [7, 11) is -7.56. The van der Waals surface area contributed by atoms with Gasteiger partial charge in [0.1, 0.15) is 0 Å². The number of aromatic carboxylic acids is 2. The van der Waals surface area contributed by atoms with Crippen molar-refractivity contribution in [2.45, 2.75) is 48.6 Å². The number of fused-ring (bicyclic) bond motifs is 1. The van der Waals surface area contributed by atoms with Crippen molar-refractivity contribution in [3.8, 4) is 0 Å². The average molecular weight is 891 g/mol. The number of benzene rings is 6. The van der Waals surface area contributed by atoms with Gasteiger partial charge >= 0.3 is 11.9 Å². The average Bonchev–Trinajstić information content (AvgIpc) is 3.63. The van der Waals surface area contributed by atoms with E-state index < -0.39 is 32.0 Å². The van der Waals surface area contributed by atoms with Crippen LogP contribution in [0.2, 0.25) is 0 Å². The summed E-state index contributed by atoms with van der Waals surface area (Å²) in [5.74, 6) is -2.22. The van der Waals surface area contributed by atoms with Crippen LogP contribution in [-0.4, -0.2) is 49.9 Å². The van der Waals surface area contributed by atoms with Gasteiger partial charge in [0, 0.05) is 18.3 Å². The van der Waals surface area contributed by atoms with E-state index >= 15 is 0 Å². The Morgan fingerprint density at radius 1 is 0.581 bits per heavy atom. The van der Waals surface area contributed by atoms with Crippen LogP contribution >= 0.6 is 11.3 Å². The topological polar surface area (TPSA) is 209 Å². The van der Waals surface area contributed by atoms with Crippen molar-refractivity contribution in [2.24, 2.45) is 0 Å². The molecule has 0 saturated carbocycles. The van der Waals surface area contributed by atoms with Gasteiger partial charge in [-0.3, -0.25) is 14.2 Å². The van der Waals surface area contributed by atoms with Crippen LogP contribution in [0.5, 0.6) is 0 Å². The minimum absolute atomic E-state index is 0.0330. The van der Waals surface area contributed by atoms with Crippen LogP contribution in [0, 0.1) is 6.92 Å². The molecule has 0 bridgehead atoms. The molecule has 0 aliphatic rings. The molecule has 0 unspecified atom stereocenters. The first-order chi connectivity index (χ1) is 29.6. The largest absolute Gasteiger partial charge is 0.478 e. The maximum absolute atomic E-state index is 12.8. The molecule has 0 fully saturated rings. The van der Waals surface area contributed by atoms with E-state index in [1.807, 2.05) is 48.5 Å². The van der Waals surface area contributed by atoms with Gasteiger partial charge in [0.25, 0.3) is 20.0 Å². The molecule has 318 valence electrons. The molecule has 1 heterocycles. The van der Waals surface area contributed by atoms with E-state index in [9.17, 15) is 41.4 Å². The quantitative estimate of drug-likeness (QED) is 0.0661. The number of sulfonamides is 2. The summed E-state index contributed by atoms with van der Waals surface area (Å²) >= 11 is 0.885. The predicted molar refractivity (Wildman–Crippen MR) is 241 cm³/mol. The van der Waals surface area contributed by atoms with E-state index in [0.29, 0.717) is 48.3 Å². The molecule has 1 amide bonds. The Balaban J connectivity index is 0.000000207. The molecule has 62 heavy (non-hydrogen) atoms. The number of aromatic nitrogens is 1. The summed E-state index contributed by atoms with van der Waals surface area (Å²) in [6.07, 6.45) is 2.41. The minimum Gasteiger partial charge on any atom is -0.478 e. The number of amides is 1. The fourth-order valence-electron chi connectivity index (χ4n) is 6.52. The molecular weight excluding hydrogens is 849 g/mol. The van der Waals surface area contributed by atoms with Crippen molar-refractivity contribution in [1.29, 1.82) is 0 Å². The number of carboxylic acids is 2. The third-order valence-corrected chi connectivity index (χ3v) is 14.0. The number of nitrogens with zero attached hydrogens (tertiary/aromatic N) is 1. The first kappa shape index (κ1) is 44.7. The highest BCUT2D eigenvalue weighted by Gasteiger charge is 2.23. The van der Waals surface area contributed by atoms with Gasteiger partial charge in [-0.1, -0.05) is 102 Å².